The fourth-order valence-electron chi connectivity index (χ4n) is 3.13. The lowest BCUT2D eigenvalue weighted by Crippen LogP contribution is -2.40. The molecule has 0 aliphatic carbocycles. The molecule has 10 heteroatoms. The number of amides is 3. The molecule has 2 aliphatic rings. The van der Waals surface area contributed by atoms with E-state index in [9.17, 15) is 22.8 Å². The van der Waals surface area contributed by atoms with Crippen LogP contribution in [0.3, 0.4) is 0 Å². The Kier molecular flexibility index (Phi) is 6.42. The molecule has 2 heterocycles. The van der Waals surface area contributed by atoms with E-state index in [4.69, 9.17) is 4.74 Å². The maximum atomic E-state index is 12.6. The zero-order valence-electron chi connectivity index (χ0n) is 15.4. The maximum Gasteiger partial charge on any atom is 0.251 e. The van der Waals surface area contributed by atoms with Gasteiger partial charge in [-0.3, -0.25) is 19.3 Å². The number of carbonyl (C=O) groups is 3. The zero-order chi connectivity index (χ0) is 20.1. The number of benzene rings is 1. The third-order valence-electron chi connectivity index (χ3n) is 4.72. The first-order valence-corrected chi connectivity index (χ1v) is 10.6. The predicted octanol–water partition coefficient (Wildman–Crippen LogP) is -0.0236. The van der Waals surface area contributed by atoms with Gasteiger partial charge in [-0.25, -0.2) is 8.42 Å². The van der Waals surface area contributed by atoms with E-state index in [2.05, 4.69) is 5.32 Å². The van der Waals surface area contributed by atoms with Crippen molar-refractivity contribution in [3.05, 3.63) is 29.8 Å². The van der Waals surface area contributed by atoms with Crippen LogP contribution in [-0.2, 0) is 24.3 Å². The predicted molar refractivity (Wildman–Crippen MR) is 98.9 cm³/mol. The Hall–Kier alpha value is -2.30. The zero-order valence-corrected chi connectivity index (χ0v) is 16.2. The molecule has 1 N–H and O–H groups in total. The highest BCUT2D eigenvalue weighted by Gasteiger charge is 2.28. The Labute approximate surface area is 163 Å². The van der Waals surface area contributed by atoms with Crippen LogP contribution < -0.4 is 5.32 Å². The minimum atomic E-state index is -3.59. The molecule has 0 unspecified atom stereocenters. The van der Waals surface area contributed by atoms with Crippen molar-refractivity contribution in [1.82, 2.24) is 14.5 Å². The molecule has 28 heavy (non-hydrogen) atoms. The number of hydrogen-bond donors (Lipinski definition) is 1. The maximum absolute atomic E-state index is 12.6. The van der Waals surface area contributed by atoms with Crippen molar-refractivity contribution in [3.8, 4) is 0 Å². The van der Waals surface area contributed by atoms with E-state index in [1.165, 1.54) is 33.5 Å². The van der Waals surface area contributed by atoms with Gasteiger partial charge in [0.05, 0.1) is 18.1 Å². The van der Waals surface area contributed by atoms with Gasteiger partial charge in [0.25, 0.3) is 5.91 Å². The summed E-state index contributed by atoms with van der Waals surface area (Å²) in [5.74, 6) is -0.684. The van der Waals surface area contributed by atoms with Gasteiger partial charge >= 0.3 is 0 Å². The molecular weight excluding hydrogens is 386 g/mol. The van der Waals surface area contributed by atoms with E-state index in [0.717, 1.165) is 0 Å². The average molecular weight is 409 g/mol. The van der Waals surface area contributed by atoms with Crippen molar-refractivity contribution in [3.63, 3.8) is 0 Å². The molecule has 2 fully saturated rings. The minimum absolute atomic E-state index is 0.136. The van der Waals surface area contributed by atoms with Gasteiger partial charge in [-0.2, -0.15) is 4.31 Å². The monoisotopic (exact) mass is 409 g/mol. The summed E-state index contributed by atoms with van der Waals surface area (Å²) < 4.78 is 31.7. The number of nitrogens with zero attached hydrogens (tertiary/aromatic N) is 2. The quantitative estimate of drug-likeness (QED) is 0.500. The lowest BCUT2D eigenvalue weighted by molar-refractivity contribution is -0.138. The van der Waals surface area contributed by atoms with Crippen LogP contribution in [0.15, 0.2) is 29.2 Å². The highest BCUT2D eigenvalue weighted by Crippen LogP contribution is 2.18. The van der Waals surface area contributed by atoms with Crippen LogP contribution in [0.1, 0.15) is 29.6 Å². The summed E-state index contributed by atoms with van der Waals surface area (Å²) >= 11 is 0. The molecular formula is C18H23N3O6S. The van der Waals surface area contributed by atoms with Crippen molar-refractivity contribution in [2.45, 2.75) is 24.2 Å². The number of nitrogens with one attached hydrogen (secondary N) is 1. The molecule has 152 valence electrons. The molecule has 0 spiro atoms. The first-order chi connectivity index (χ1) is 13.4. The number of imide groups is 1. The molecule has 0 saturated carbocycles. The lowest BCUT2D eigenvalue weighted by atomic mass is 10.2. The SMILES string of the molecule is O=C(NCCCN1C(=O)CCC1=O)c1ccc(S(=O)(=O)N2CCOCC2)cc1. The van der Waals surface area contributed by atoms with Crippen molar-refractivity contribution in [2.75, 3.05) is 39.4 Å². The van der Waals surface area contributed by atoms with Crippen LogP contribution in [0.4, 0.5) is 0 Å². The second kappa shape index (κ2) is 8.80. The van der Waals surface area contributed by atoms with Gasteiger partial charge in [0.15, 0.2) is 0 Å². The minimum Gasteiger partial charge on any atom is -0.379 e. The summed E-state index contributed by atoms with van der Waals surface area (Å²) in [5.41, 5.74) is 0.342. The number of likely N-dealkylation sites (tertiary alicyclic amines) is 1. The molecule has 9 nitrogen and oxygen atoms in total. The van der Waals surface area contributed by atoms with E-state index < -0.39 is 10.0 Å². The Morgan fingerprint density at radius 3 is 2.25 bits per heavy atom. The van der Waals surface area contributed by atoms with Crippen LogP contribution in [0.5, 0.6) is 0 Å². The number of ether oxygens (including phenoxy) is 1. The average Bonchev–Trinajstić information content (AvgIpc) is 3.03. The van der Waals surface area contributed by atoms with E-state index >= 15 is 0 Å². The van der Waals surface area contributed by atoms with E-state index in [0.29, 0.717) is 44.8 Å². The highest BCUT2D eigenvalue weighted by molar-refractivity contribution is 7.89. The van der Waals surface area contributed by atoms with Crippen LogP contribution in [0, 0.1) is 0 Å². The van der Waals surface area contributed by atoms with Crippen LogP contribution in [-0.4, -0.2) is 74.7 Å². The number of hydrogen-bond acceptors (Lipinski definition) is 6. The fraction of sp³-hybridized carbons (Fsp3) is 0.500. The second-order valence-electron chi connectivity index (χ2n) is 6.59. The van der Waals surface area contributed by atoms with Crippen LogP contribution >= 0.6 is 0 Å². The molecule has 0 radical (unpaired) electrons. The smallest absolute Gasteiger partial charge is 0.251 e. The number of sulfonamides is 1. The van der Waals surface area contributed by atoms with Gasteiger partial charge in [0.1, 0.15) is 0 Å². The van der Waals surface area contributed by atoms with Gasteiger partial charge < -0.3 is 10.1 Å². The first kappa shape index (κ1) is 20.4. The Bertz CT molecular complexity index is 831. The van der Waals surface area contributed by atoms with Gasteiger partial charge in [-0.1, -0.05) is 0 Å². The van der Waals surface area contributed by atoms with Crippen molar-refractivity contribution >= 4 is 27.7 Å². The molecule has 0 aromatic heterocycles. The van der Waals surface area contributed by atoms with Crippen LogP contribution in [0.25, 0.3) is 0 Å². The van der Waals surface area contributed by atoms with E-state index in [1.807, 2.05) is 0 Å². The van der Waals surface area contributed by atoms with Crippen LogP contribution in [0.2, 0.25) is 0 Å². The summed E-state index contributed by atoms with van der Waals surface area (Å²) in [6, 6.07) is 5.77. The Morgan fingerprint density at radius 1 is 1.04 bits per heavy atom. The fourth-order valence-corrected chi connectivity index (χ4v) is 4.54. The molecule has 1 aromatic rings. The number of carbonyl (C=O) groups excluding carboxylic acids is 3. The second-order valence-corrected chi connectivity index (χ2v) is 8.53. The van der Waals surface area contributed by atoms with Crippen molar-refractivity contribution in [2.24, 2.45) is 0 Å². The summed E-state index contributed by atoms with van der Waals surface area (Å²) in [6.45, 7) is 1.96. The van der Waals surface area contributed by atoms with E-state index in [-0.39, 0.29) is 42.0 Å². The largest absolute Gasteiger partial charge is 0.379 e. The lowest BCUT2D eigenvalue weighted by Gasteiger charge is -2.26. The molecule has 0 atom stereocenters. The molecule has 0 bridgehead atoms. The van der Waals surface area contributed by atoms with Gasteiger partial charge in [-0.15, -0.1) is 0 Å². The summed E-state index contributed by atoms with van der Waals surface area (Å²) in [7, 11) is -3.59. The van der Waals surface area contributed by atoms with Gasteiger partial charge in [0, 0.05) is 44.6 Å². The number of morpholine rings is 1. The first-order valence-electron chi connectivity index (χ1n) is 9.19. The van der Waals surface area contributed by atoms with Crippen molar-refractivity contribution in [1.29, 1.82) is 0 Å². The molecule has 3 amide bonds. The molecule has 2 aliphatic heterocycles. The Balaban J connectivity index is 1.51. The number of rotatable bonds is 7. The summed E-state index contributed by atoms with van der Waals surface area (Å²) in [6.07, 6.45) is 0.975. The van der Waals surface area contributed by atoms with E-state index in [1.54, 1.807) is 0 Å². The molecule has 2 saturated heterocycles. The third kappa shape index (κ3) is 4.57. The molecule has 3 rings (SSSR count). The van der Waals surface area contributed by atoms with Gasteiger partial charge in [-0.05, 0) is 30.7 Å². The van der Waals surface area contributed by atoms with Crippen molar-refractivity contribution < 1.29 is 27.5 Å². The summed E-state index contributed by atoms with van der Waals surface area (Å²) in [5, 5.41) is 2.71. The Morgan fingerprint density at radius 2 is 1.64 bits per heavy atom. The standard InChI is InChI=1S/C18H23N3O6S/c22-16-6-7-17(23)21(16)9-1-8-19-18(24)14-2-4-15(5-3-14)28(25,26)20-10-12-27-13-11-20/h2-5H,1,6-13H2,(H,19,24). The third-order valence-corrected chi connectivity index (χ3v) is 6.64. The topological polar surface area (TPSA) is 113 Å². The normalized spacial score (nSPS) is 18.5. The van der Waals surface area contributed by atoms with Gasteiger partial charge in [0.2, 0.25) is 21.8 Å². The molecule has 1 aromatic carbocycles. The highest BCUT2D eigenvalue weighted by atomic mass is 32.2. The summed E-state index contributed by atoms with van der Waals surface area (Å²) in [4.78, 5) is 36.6.